The van der Waals surface area contributed by atoms with E-state index in [-0.39, 0.29) is 34.5 Å². The summed E-state index contributed by atoms with van der Waals surface area (Å²) in [6.45, 7) is 0. The van der Waals surface area contributed by atoms with Crippen molar-refractivity contribution in [1.29, 1.82) is 0 Å². The van der Waals surface area contributed by atoms with E-state index < -0.39 is 24.0 Å². The quantitative estimate of drug-likeness (QED) is 0.238. The molecule has 4 atom stereocenters. The lowest BCUT2D eigenvalue weighted by Crippen LogP contribution is -2.14. The van der Waals surface area contributed by atoms with Gasteiger partial charge in [0.2, 0.25) is 0 Å². The Morgan fingerprint density at radius 3 is 1.00 bits per heavy atom. The Bertz CT molecular complexity index is 1200. The summed E-state index contributed by atoms with van der Waals surface area (Å²) in [5.41, 5.74) is 2.70. The molecule has 1 heterocycles. The van der Waals surface area contributed by atoms with Crippen LogP contribution in [0.1, 0.15) is 46.3 Å². The number of ether oxygens (including phenoxy) is 1. The highest BCUT2D eigenvalue weighted by atomic mass is 16.5. The zero-order valence-corrected chi connectivity index (χ0v) is 18.5. The van der Waals surface area contributed by atoms with Gasteiger partial charge in [-0.05, 0) is 70.8 Å². The average Bonchev–Trinajstić information content (AvgIpc) is 3.19. The van der Waals surface area contributed by atoms with Crippen molar-refractivity contribution in [3.05, 3.63) is 107 Å². The van der Waals surface area contributed by atoms with Gasteiger partial charge in [-0.15, -0.1) is 0 Å². The molecular weight excluding hydrogens is 448 g/mol. The van der Waals surface area contributed by atoms with Crippen molar-refractivity contribution in [2.24, 2.45) is 0 Å². The van der Waals surface area contributed by atoms with Gasteiger partial charge in [-0.3, -0.25) is 0 Å². The first kappa shape index (κ1) is 22.4. The van der Waals surface area contributed by atoms with Crippen LogP contribution in [0.15, 0.2) is 84.9 Å². The van der Waals surface area contributed by atoms with Crippen LogP contribution in [0.5, 0.6) is 34.5 Å². The fraction of sp³-hybridized carbons (Fsp3) is 0.143. The van der Waals surface area contributed by atoms with Gasteiger partial charge in [-0.1, -0.05) is 24.3 Å². The number of hydrogen-bond acceptors (Lipinski definition) is 7. The maximum absolute atomic E-state index is 10.3. The van der Waals surface area contributed by atoms with Crippen molar-refractivity contribution >= 4 is 0 Å². The summed E-state index contributed by atoms with van der Waals surface area (Å²) in [5, 5.41) is 60.7. The van der Waals surface area contributed by atoms with E-state index in [4.69, 9.17) is 4.74 Å². The van der Waals surface area contributed by atoms with Gasteiger partial charge in [0.15, 0.2) is 0 Å². The molecule has 0 aliphatic carbocycles. The van der Waals surface area contributed by atoms with E-state index in [1.807, 2.05) is 0 Å². The third-order valence-corrected chi connectivity index (χ3v) is 6.40. The van der Waals surface area contributed by atoms with Crippen LogP contribution >= 0.6 is 0 Å². The highest BCUT2D eigenvalue weighted by Gasteiger charge is 2.47. The molecule has 1 aliphatic rings. The Morgan fingerprint density at radius 1 is 0.371 bits per heavy atom. The highest BCUT2D eigenvalue weighted by molar-refractivity contribution is 5.47. The minimum absolute atomic E-state index is 0.0998. The van der Waals surface area contributed by atoms with E-state index in [1.54, 1.807) is 72.8 Å². The fourth-order valence-corrected chi connectivity index (χ4v) is 4.99. The number of phenols is 6. The second-order valence-electron chi connectivity index (χ2n) is 8.78. The van der Waals surface area contributed by atoms with Crippen LogP contribution < -0.4 is 0 Å². The zero-order chi connectivity index (χ0) is 24.7. The first-order valence-corrected chi connectivity index (χ1v) is 11.1. The summed E-state index contributed by atoms with van der Waals surface area (Å²) in [6, 6.07) is 21.9. The second-order valence-corrected chi connectivity index (χ2v) is 8.78. The predicted molar refractivity (Wildman–Crippen MR) is 128 cm³/mol. The maximum atomic E-state index is 10.3. The number of aromatic hydroxyl groups is 6. The lowest BCUT2D eigenvalue weighted by Gasteiger charge is -2.26. The summed E-state index contributed by atoms with van der Waals surface area (Å²) in [7, 11) is 0. The molecule has 6 N–H and O–H groups in total. The molecular formula is C28H24O7. The average molecular weight is 472 g/mol. The molecule has 0 bridgehead atoms. The molecule has 0 amide bonds. The number of phenolic OH excluding ortho intramolecular Hbond substituents is 6. The smallest absolute Gasteiger partial charge is 0.119 e. The van der Waals surface area contributed by atoms with Crippen LogP contribution in [0.4, 0.5) is 0 Å². The summed E-state index contributed by atoms with van der Waals surface area (Å²) < 4.78 is 6.62. The van der Waals surface area contributed by atoms with E-state index in [1.165, 1.54) is 12.1 Å². The molecule has 35 heavy (non-hydrogen) atoms. The molecule has 4 aromatic rings. The Labute approximate surface area is 201 Å². The molecule has 1 saturated heterocycles. The minimum atomic E-state index is -0.579. The topological polar surface area (TPSA) is 131 Å². The molecule has 1 aliphatic heterocycles. The van der Waals surface area contributed by atoms with E-state index in [2.05, 4.69) is 0 Å². The van der Waals surface area contributed by atoms with Crippen molar-refractivity contribution in [2.75, 3.05) is 0 Å². The zero-order valence-electron chi connectivity index (χ0n) is 18.5. The predicted octanol–water partition coefficient (Wildman–Crippen LogP) is 5.30. The lowest BCUT2D eigenvalue weighted by atomic mass is 9.75. The molecule has 4 aromatic carbocycles. The summed E-state index contributed by atoms with van der Waals surface area (Å²) in [6.07, 6.45) is -1.16. The molecule has 1 fully saturated rings. The number of rotatable bonds is 4. The molecule has 178 valence electrons. The van der Waals surface area contributed by atoms with Gasteiger partial charge >= 0.3 is 0 Å². The van der Waals surface area contributed by atoms with Crippen molar-refractivity contribution < 1.29 is 35.4 Å². The fourth-order valence-electron chi connectivity index (χ4n) is 4.99. The van der Waals surface area contributed by atoms with Gasteiger partial charge in [-0.25, -0.2) is 0 Å². The Morgan fingerprint density at radius 2 is 0.686 bits per heavy atom. The molecule has 7 heteroatoms. The van der Waals surface area contributed by atoms with Crippen LogP contribution in [-0.4, -0.2) is 30.6 Å². The number of benzene rings is 4. The van der Waals surface area contributed by atoms with Crippen LogP contribution in [-0.2, 0) is 4.74 Å². The molecule has 0 radical (unpaired) electrons. The first-order chi connectivity index (χ1) is 16.8. The Balaban J connectivity index is 1.74. The van der Waals surface area contributed by atoms with Crippen molar-refractivity contribution in [2.45, 2.75) is 24.0 Å². The molecule has 0 unspecified atom stereocenters. The Hall–Kier alpha value is -4.36. The SMILES string of the molecule is Oc1ccc([C@@H]2O[C@@H](c3ccc(O)cc3)[C@H](c3cc(O)cc(O)c3)[C@H]2c2cc(O)cc(O)c2)cc1. The number of hydrogen-bond donors (Lipinski definition) is 6. The molecule has 0 spiro atoms. The van der Waals surface area contributed by atoms with Crippen LogP contribution in [0.2, 0.25) is 0 Å². The molecule has 0 saturated carbocycles. The third kappa shape index (κ3) is 4.41. The largest absolute Gasteiger partial charge is 0.508 e. The summed E-state index contributed by atoms with van der Waals surface area (Å²) in [4.78, 5) is 0. The summed E-state index contributed by atoms with van der Waals surface area (Å²) in [5.74, 6) is -1.21. The van der Waals surface area contributed by atoms with E-state index in [9.17, 15) is 30.6 Å². The highest BCUT2D eigenvalue weighted by Crippen LogP contribution is 2.59. The van der Waals surface area contributed by atoms with Crippen LogP contribution in [0.3, 0.4) is 0 Å². The maximum Gasteiger partial charge on any atom is 0.119 e. The van der Waals surface area contributed by atoms with Gasteiger partial charge < -0.3 is 35.4 Å². The van der Waals surface area contributed by atoms with Crippen LogP contribution in [0, 0.1) is 0 Å². The van der Waals surface area contributed by atoms with Crippen molar-refractivity contribution in [1.82, 2.24) is 0 Å². The van der Waals surface area contributed by atoms with Gasteiger partial charge in [-0.2, -0.15) is 0 Å². The van der Waals surface area contributed by atoms with Gasteiger partial charge in [0.25, 0.3) is 0 Å². The monoisotopic (exact) mass is 472 g/mol. The van der Waals surface area contributed by atoms with Gasteiger partial charge in [0.05, 0.1) is 12.2 Å². The van der Waals surface area contributed by atoms with Crippen molar-refractivity contribution in [3.63, 3.8) is 0 Å². The van der Waals surface area contributed by atoms with Crippen molar-refractivity contribution in [3.8, 4) is 34.5 Å². The third-order valence-electron chi connectivity index (χ3n) is 6.40. The molecule has 5 rings (SSSR count). The van der Waals surface area contributed by atoms with Crippen LogP contribution in [0.25, 0.3) is 0 Å². The normalized spacial score (nSPS) is 21.7. The van der Waals surface area contributed by atoms with Gasteiger partial charge in [0.1, 0.15) is 34.5 Å². The lowest BCUT2D eigenvalue weighted by molar-refractivity contribution is 0.0366. The first-order valence-electron chi connectivity index (χ1n) is 11.1. The van der Waals surface area contributed by atoms with Gasteiger partial charge in [0, 0.05) is 24.0 Å². The molecule has 0 aromatic heterocycles. The Kier molecular flexibility index (Phi) is 5.62. The summed E-state index contributed by atoms with van der Waals surface area (Å²) >= 11 is 0. The van der Waals surface area contributed by atoms with E-state index in [0.29, 0.717) is 11.1 Å². The van der Waals surface area contributed by atoms with E-state index >= 15 is 0 Å². The molecule has 7 nitrogen and oxygen atoms in total. The second kappa shape index (κ2) is 8.77. The minimum Gasteiger partial charge on any atom is -0.508 e. The standard InChI is InChI=1S/C28H24O7/c29-19-5-1-15(2-6-19)27-25(17-9-21(31)13-22(32)10-17)26(18-11-23(33)14-24(34)12-18)28(35-27)16-3-7-20(30)8-4-16/h1-14,25-34H/t25-,26-,27+,28+/m1/s1. The van der Waals surface area contributed by atoms with E-state index in [0.717, 1.165) is 11.1 Å².